The molecule has 0 radical (unpaired) electrons. The molecule has 2 rings (SSSR count). The molecule has 100 valence electrons. The Kier molecular flexibility index (Phi) is 5.07. The third-order valence-electron chi connectivity index (χ3n) is 2.91. The third-order valence-corrected chi connectivity index (χ3v) is 4.18. The van der Waals surface area contributed by atoms with Gasteiger partial charge < -0.3 is 10.2 Å². The zero-order valence-electron chi connectivity index (χ0n) is 10.8. The molecule has 0 unspecified atom stereocenters. The van der Waals surface area contributed by atoms with Crippen molar-refractivity contribution in [1.82, 2.24) is 15.3 Å². The highest BCUT2D eigenvalue weighted by Crippen LogP contribution is 2.10. The molecule has 1 aromatic rings. The van der Waals surface area contributed by atoms with E-state index in [0.29, 0.717) is 0 Å². The summed E-state index contributed by atoms with van der Waals surface area (Å²) in [5.74, 6) is 2.21. The molecule has 5 nitrogen and oxygen atoms in total. The Hall–Kier alpha value is -1.01. The molecule has 6 heteroatoms. The van der Waals surface area contributed by atoms with Crippen molar-refractivity contribution in [2.45, 2.75) is 19.9 Å². The molecular formula is C12H20N4OS. The summed E-state index contributed by atoms with van der Waals surface area (Å²) in [6.45, 7) is 5.56. The first-order valence-electron chi connectivity index (χ1n) is 6.41. The summed E-state index contributed by atoms with van der Waals surface area (Å²) < 4.78 is 11.3. The van der Waals surface area contributed by atoms with E-state index in [4.69, 9.17) is 0 Å². The number of anilines is 1. The molecule has 1 saturated heterocycles. The van der Waals surface area contributed by atoms with Gasteiger partial charge in [-0.15, -0.1) is 0 Å². The molecule has 0 spiro atoms. The Morgan fingerprint density at radius 3 is 2.61 bits per heavy atom. The van der Waals surface area contributed by atoms with Crippen molar-refractivity contribution in [1.29, 1.82) is 0 Å². The second-order valence-electron chi connectivity index (χ2n) is 4.40. The molecule has 1 aliphatic rings. The van der Waals surface area contributed by atoms with Gasteiger partial charge in [0.05, 0.1) is 0 Å². The molecule has 1 aliphatic heterocycles. The number of rotatable bonds is 5. The van der Waals surface area contributed by atoms with Crippen molar-refractivity contribution >= 4 is 16.7 Å². The summed E-state index contributed by atoms with van der Waals surface area (Å²) in [7, 11) is -0.652. The molecule has 0 atom stereocenters. The summed E-state index contributed by atoms with van der Waals surface area (Å²) in [4.78, 5) is 10.9. The number of nitrogens with one attached hydrogen (secondary N) is 1. The highest BCUT2D eigenvalue weighted by Gasteiger charge is 2.17. The minimum absolute atomic E-state index is 0.652. The van der Waals surface area contributed by atoms with E-state index >= 15 is 0 Å². The molecule has 0 saturated carbocycles. The Labute approximate surface area is 110 Å². The molecule has 18 heavy (non-hydrogen) atoms. The van der Waals surface area contributed by atoms with Gasteiger partial charge in [0, 0.05) is 59.9 Å². The summed E-state index contributed by atoms with van der Waals surface area (Å²) in [5, 5.41) is 3.32. The summed E-state index contributed by atoms with van der Waals surface area (Å²) in [5.41, 5.74) is 1.10. The van der Waals surface area contributed by atoms with Crippen molar-refractivity contribution < 1.29 is 4.21 Å². The van der Waals surface area contributed by atoms with Crippen LogP contribution in [0.3, 0.4) is 0 Å². The normalized spacial score (nSPS) is 17.1. The Balaban J connectivity index is 1.89. The van der Waals surface area contributed by atoms with Gasteiger partial charge in [-0.2, -0.15) is 0 Å². The van der Waals surface area contributed by atoms with E-state index in [2.05, 4.69) is 27.1 Å². The van der Waals surface area contributed by atoms with Gasteiger partial charge in [-0.25, -0.2) is 9.97 Å². The van der Waals surface area contributed by atoms with Crippen LogP contribution in [0.1, 0.15) is 18.9 Å². The number of hydrogen-bond acceptors (Lipinski definition) is 5. The highest BCUT2D eigenvalue weighted by molar-refractivity contribution is 7.85. The van der Waals surface area contributed by atoms with Crippen LogP contribution < -0.4 is 10.2 Å². The molecule has 0 aromatic carbocycles. The van der Waals surface area contributed by atoms with Crippen molar-refractivity contribution in [2.75, 3.05) is 36.0 Å². The number of nitrogens with zero attached hydrogens (tertiary/aromatic N) is 3. The van der Waals surface area contributed by atoms with Gasteiger partial charge in [0.25, 0.3) is 0 Å². The maximum Gasteiger partial charge on any atom is 0.225 e. The van der Waals surface area contributed by atoms with E-state index in [9.17, 15) is 4.21 Å². The van der Waals surface area contributed by atoms with E-state index in [-0.39, 0.29) is 0 Å². The van der Waals surface area contributed by atoms with Crippen LogP contribution in [-0.2, 0) is 17.3 Å². The van der Waals surface area contributed by atoms with E-state index in [1.54, 1.807) is 0 Å². The molecule has 1 aromatic heterocycles. The van der Waals surface area contributed by atoms with E-state index in [0.717, 1.165) is 55.6 Å². The maximum absolute atomic E-state index is 11.3. The first-order valence-corrected chi connectivity index (χ1v) is 7.90. The highest BCUT2D eigenvalue weighted by atomic mass is 32.2. The topological polar surface area (TPSA) is 58.1 Å². The van der Waals surface area contributed by atoms with Crippen LogP contribution in [-0.4, -0.2) is 45.3 Å². The van der Waals surface area contributed by atoms with Crippen LogP contribution in [0.2, 0.25) is 0 Å². The molecule has 1 fully saturated rings. The predicted molar refractivity (Wildman–Crippen MR) is 74.1 cm³/mol. The first kappa shape index (κ1) is 13.4. The molecule has 0 aliphatic carbocycles. The number of hydrogen-bond donors (Lipinski definition) is 1. The molecule has 1 N–H and O–H groups in total. The standard InChI is InChI=1S/C12H20N4OS/c1-2-3-13-8-11-9-14-12(15-10-11)16-4-6-18(17)7-5-16/h9-10,13H,2-8H2,1H3. The largest absolute Gasteiger partial charge is 0.339 e. The minimum Gasteiger partial charge on any atom is -0.339 e. The fourth-order valence-corrected chi connectivity index (χ4v) is 2.90. The summed E-state index contributed by atoms with van der Waals surface area (Å²) in [6.07, 6.45) is 4.87. The lowest BCUT2D eigenvalue weighted by molar-refractivity contribution is 0.666. The van der Waals surface area contributed by atoms with Gasteiger partial charge in [-0.05, 0) is 13.0 Å². The smallest absolute Gasteiger partial charge is 0.225 e. The third kappa shape index (κ3) is 3.74. The van der Waals surface area contributed by atoms with E-state index in [1.165, 1.54) is 0 Å². The van der Waals surface area contributed by atoms with Crippen LogP contribution in [0.25, 0.3) is 0 Å². The van der Waals surface area contributed by atoms with E-state index in [1.807, 2.05) is 12.4 Å². The second-order valence-corrected chi connectivity index (χ2v) is 6.10. The van der Waals surface area contributed by atoms with Crippen molar-refractivity contribution in [2.24, 2.45) is 0 Å². The fraction of sp³-hybridized carbons (Fsp3) is 0.667. The van der Waals surface area contributed by atoms with Gasteiger partial charge in [0.1, 0.15) is 0 Å². The minimum atomic E-state index is -0.652. The van der Waals surface area contributed by atoms with Gasteiger partial charge in [-0.1, -0.05) is 6.92 Å². The van der Waals surface area contributed by atoms with Gasteiger partial charge in [-0.3, -0.25) is 4.21 Å². The van der Waals surface area contributed by atoms with Crippen LogP contribution in [0, 0.1) is 0 Å². The van der Waals surface area contributed by atoms with Gasteiger partial charge in [0.15, 0.2) is 0 Å². The van der Waals surface area contributed by atoms with Crippen molar-refractivity contribution in [3.8, 4) is 0 Å². The van der Waals surface area contributed by atoms with Crippen LogP contribution in [0.15, 0.2) is 12.4 Å². The molecular weight excluding hydrogens is 248 g/mol. The summed E-state index contributed by atoms with van der Waals surface area (Å²) in [6, 6.07) is 0. The molecule has 0 amide bonds. The molecule has 2 heterocycles. The average molecular weight is 268 g/mol. The van der Waals surface area contributed by atoms with Crippen LogP contribution in [0.4, 0.5) is 5.95 Å². The maximum atomic E-state index is 11.3. The quantitative estimate of drug-likeness (QED) is 0.790. The Morgan fingerprint density at radius 2 is 2.00 bits per heavy atom. The molecule has 0 bridgehead atoms. The SMILES string of the molecule is CCCNCc1cnc(N2CCS(=O)CC2)nc1. The zero-order chi connectivity index (χ0) is 12.8. The average Bonchev–Trinajstić information content (AvgIpc) is 2.41. The lowest BCUT2D eigenvalue weighted by atomic mass is 10.3. The fourth-order valence-electron chi connectivity index (χ4n) is 1.85. The second kappa shape index (κ2) is 6.80. The van der Waals surface area contributed by atoms with Crippen molar-refractivity contribution in [3.05, 3.63) is 18.0 Å². The lowest BCUT2D eigenvalue weighted by Gasteiger charge is -2.26. The summed E-state index contributed by atoms with van der Waals surface area (Å²) >= 11 is 0. The first-order chi connectivity index (χ1) is 8.79. The van der Waals surface area contributed by atoms with Gasteiger partial charge >= 0.3 is 0 Å². The van der Waals surface area contributed by atoms with Crippen LogP contribution in [0.5, 0.6) is 0 Å². The number of aromatic nitrogens is 2. The monoisotopic (exact) mass is 268 g/mol. The van der Waals surface area contributed by atoms with Crippen LogP contribution >= 0.6 is 0 Å². The lowest BCUT2D eigenvalue weighted by Crippen LogP contribution is -2.38. The van der Waals surface area contributed by atoms with E-state index < -0.39 is 10.8 Å². The Bertz CT molecular complexity index is 386. The zero-order valence-corrected chi connectivity index (χ0v) is 11.6. The van der Waals surface area contributed by atoms with Gasteiger partial charge in [0.2, 0.25) is 5.95 Å². The van der Waals surface area contributed by atoms with Crippen molar-refractivity contribution in [3.63, 3.8) is 0 Å². The predicted octanol–water partition coefficient (Wildman–Crippen LogP) is 0.545. The Morgan fingerprint density at radius 1 is 1.33 bits per heavy atom.